The summed E-state index contributed by atoms with van der Waals surface area (Å²) in [5, 5.41) is 2.98. The first-order valence-corrected chi connectivity index (χ1v) is 6.91. The summed E-state index contributed by atoms with van der Waals surface area (Å²) in [5.74, 6) is 0.529. The highest BCUT2D eigenvalue weighted by molar-refractivity contribution is 5.97. The lowest BCUT2D eigenvalue weighted by Gasteiger charge is -2.33. The Morgan fingerprint density at radius 1 is 1.26 bits per heavy atom. The number of benzene rings is 1. The number of hydrogen-bond acceptors (Lipinski definition) is 2. The first kappa shape index (κ1) is 15.7. The van der Waals surface area contributed by atoms with Gasteiger partial charge in [0.1, 0.15) is 0 Å². The lowest BCUT2D eigenvalue weighted by atomic mass is 10.0. The Morgan fingerprint density at radius 3 is 2.21 bits per heavy atom. The van der Waals surface area contributed by atoms with E-state index in [4.69, 9.17) is 0 Å². The summed E-state index contributed by atoms with van der Waals surface area (Å²) < 4.78 is 0. The molecule has 1 N–H and O–H groups in total. The van der Waals surface area contributed by atoms with Crippen molar-refractivity contribution in [3.8, 4) is 0 Å². The summed E-state index contributed by atoms with van der Waals surface area (Å²) in [7, 11) is 1.96. The van der Waals surface area contributed by atoms with Gasteiger partial charge in [-0.1, -0.05) is 32.9 Å². The van der Waals surface area contributed by atoms with Gasteiger partial charge in [-0.05, 0) is 51.1 Å². The van der Waals surface area contributed by atoms with Crippen LogP contribution in [0.4, 0.5) is 5.69 Å². The molecule has 0 radical (unpaired) electrons. The molecule has 0 aliphatic carbocycles. The molecule has 1 aromatic rings. The van der Waals surface area contributed by atoms with Gasteiger partial charge in [0, 0.05) is 5.69 Å². The average molecular weight is 262 g/mol. The maximum absolute atomic E-state index is 12.3. The number of rotatable bonds is 5. The molecular formula is C16H26N2O. The van der Waals surface area contributed by atoms with Crippen molar-refractivity contribution in [2.75, 3.05) is 18.9 Å². The summed E-state index contributed by atoms with van der Waals surface area (Å²) in [6.07, 6.45) is 0. The zero-order valence-electron chi connectivity index (χ0n) is 12.9. The van der Waals surface area contributed by atoms with Gasteiger partial charge >= 0.3 is 0 Å². The van der Waals surface area contributed by atoms with Crippen molar-refractivity contribution in [3.63, 3.8) is 0 Å². The van der Waals surface area contributed by atoms with Gasteiger partial charge in [-0.2, -0.15) is 0 Å². The Balaban J connectivity index is 2.77. The van der Waals surface area contributed by atoms with Crippen LogP contribution in [0, 0.1) is 0 Å². The number of likely N-dealkylation sites (N-methyl/N-ethyl adjacent to an activating group) is 1. The molecule has 106 valence electrons. The zero-order chi connectivity index (χ0) is 14.6. The lowest BCUT2D eigenvalue weighted by Crippen LogP contribution is -2.50. The van der Waals surface area contributed by atoms with E-state index in [1.54, 1.807) is 0 Å². The van der Waals surface area contributed by atoms with Gasteiger partial charge in [-0.25, -0.2) is 0 Å². The van der Waals surface area contributed by atoms with Crippen LogP contribution in [0.2, 0.25) is 0 Å². The fourth-order valence-electron chi connectivity index (χ4n) is 1.80. The van der Waals surface area contributed by atoms with E-state index in [9.17, 15) is 4.79 Å². The van der Waals surface area contributed by atoms with Crippen molar-refractivity contribution in [1.29, 1.82) is 0 Å². The molecule has 0 aliphatic heterocycles. The molecule has 0 unspecified atom stereocenters. The Morgan fingerprint density at radius 2 is 1.79 bits per heavy atom. The van der Waals surface area contributed by atoms with Crippen molar-refractivity contribution in [2.45, 2.75) is 46.1 Å². The van der Waals surface area contributed by atoms with E-state index in [-0.39, 0.29) is 5.91 Å². The molecule has 0 heterocycles. The molecule has 0 atom stereocenters. The molecular weight excluding hydrogens is 236 g/mol. The third-order valence-electron chi connectivity index (χ3n) is 3.82. The Kier molecular flexibility index (Phi) is 5.12. The molecule has 0 fully saturated rings. The van der Waals surface area contributed by atoms with E-state index in [1.165, 1.54) is 5.56 Å². The van der Waals surface area contributed by atoms with E-state index in [2.05, 4.69) is 31.3 Å². The second-order valence-electron chi connectivity index (χ2n) is 5.80. The summed E-state index contributed by atoms with van der Waals surface area (Å²) in [6, 6.07) is 8.07. The number of hydrogen-bond donors (Lipinski definition) is 1. The molecule has 3 heteroatoms. The molecule has 0 saturated heterocycles. The van der Waals surface area contributed by atoms with Gasteiger partial charge in [0.05, 0.1) is 5.54 Å². The van der Waals surface area contributed by atoms with Crippen LogP contribution < -0.4 is 5.32 Å². The second kappa shape index (κ2) is 6.20. The predicted octanol–water partition coefficient (Wildman–Crippen LogP) is 3.48. The molecule has 0 aromatic heterocycles. The van der Waals surface area contributed by atoms with Gasteiger partial charge in [0.15, 0.2) is 0 Å². The van der Waals surface area contributed by atoms with Crippen LogP contribution in [0.5, 0.6) is 0 Å². The van der Waals surface area contributed by atoms with Crippen LogP contribution in [-0.2, 0) is 4.79 Å². The van der Waals surface area contributed by atoms with Crippen LogP contribution >= 0.6 is 0 Å². The molecule has 0 bridgehead atoms. The molecule has 3 nitrogen and oxygen atoms in total. The van der Waals surface area contributed by atoms with Gasteiger partial charge in [-0.3, -0.25) is 9.69 Å². The fraction of sp³-hybridized carbons (Fsp3) is 0.562. The summed E-state index contributed by atoms with van der Waals surface area (Å²) in [4.78, 5) is 14.3. The summed E-state index contributed by atoms with van der Waals surface area (Å²) >= 11 is 0. The summed E-state index contributed by atoms with van der Waals surface area (Å²) in [5.41, 5.74) is 1.63. The minimum atomic E-state index is -0.508. The first-order chi connectivity index (χ1) is 8.78. The van der Waals surface area contributed by atoms with E-state index in [0.29, 0.717) is 5.92 Å². The number of anilines is 1. The number of carbonyl (C=O) groups is 1. The third-order valence-corrected chi connectivity index (χ3v) is 3.82. The van der Waals surface area contributed by atoms with E-state index in [0.717, 1.165) is 12.2 Å². The molecule has 1 rings (SSSR count). The highest BCUT2D eigenvalue weighted by Crippen LogP contribution is 2.19. The molecule has 19 heavy (non-hydrogen) atoms. The number of nitrogens with one attached hydrogen (secondary N) is 1. The number of nitrogens with zero attached hydrogens (tertiary/aromatic N) is 1. The fourth-order valence-corrected chi connectivity index (χ4v) is 1.80. The smallest absolute Gasteiger partial charge is 0.244 e. The SMILES string of the molecule is CCN(C)C(C)(C)C(=O)Nc1ccc(C(C)C)cc1. The number of amides is 1. The van der Waals surface area contributed by atoms with Crippen LogP contribution in [0.15, 0.2) is 24.3 Å². The van der Waals surface area contributed by atoms with Crippen LogP contribution in [0.25, 0.3) is 0 Å². The summed E-state index contributed by atoms with van der Waals surface area (Å²) in [6.45, 7) is 11.1. The maximum atomic E-state index is 12.3. The van der Waals surface area contributed by atoms with Crippen molar-refractivity contribution >= 4 is 11.6 Å². The van der Waals surface area contributed by atoms with Gasteiger partial charge in [0.2, 0.25) is 5.91 Å². The minimum absolute atomic E-state index is 0.0224. The lowest BCUT2D eigenvalue weighted by molar-refractivity contribution is -0.125. The van der Waals surface area contributed by atoms with Crippen molar-refractivity contribution in [1.82, 2.24) is 4.90 Å². The van der Waals surface area contributed by atoms with Crippen LogP contribution in [-0.4, -0.2) is 29.9 Å². The van der Waals surface area contributed by atoms with Crippen molar-refractivity contribution in [3.05, 3.63) is 29.8 Å². The average Bonchev–Trinajstić information content (AvgIpc) is 2.38. The van der Waals surface area contributed by atoms with Gasteiger partial charge in [-0.15, -0.1) is 0 Å². The van der Waals surface area contributed by atoms with Crippen molar-refractivity contribution < 1.29 is 4.79 Å². The largest absolute Gasteiger partial charge is 0.324 e. The zero-order valence-corrected chi connectivity index (χ0v) is 12.9. The molecule has 0 spiro atoms. The second-order valence-corrected chi connectivity index (χ2v) is 5.80. The monoisotopic (exact) mass is 262 g/mol. The van der Waals surface area contributed by atoms with E-state index < -0.39 is 5.54 Å². The highest BCUT2D eigenvalue weighted by atomic mass is 16.2. The van der Waals surface area contributed by atoms with Gasteiger partial charge in [0.25, 0.3) is 0 Å². The Labute approximate surface area is 117 Å². The molecule has 0 aliphatic rings. The van der Waals surface area contributed by atoms with E-state index >= 15 is 0 Å². The standard InChI is InChI=1S/C16H26N2O/c1-7-18(6)16(4,5)15(19)17-14-10-8-13(9-11-14)12(2)3/h8-12H,7H2,1-6H3,(H,17,19). The van der Waals surface area contributed by atoms with E-state index in [1.807, 2.05) is 44.9 Å². The Bertz CT molecular complexity index is 421. The van der Waals surface area contributed by atoms with Crippen LogP contribution in [0.3, 0.4) is 0 Å². The first-order valence-electron chi connectivity index (χ1n) is 6.91. The van der Waals surface area contributed by atoms with Gasteiger partial charge < -0.3 is 5.32 Å². The Hall–Kier alpha value is -1.35. The highest BCUT2D eigenvalue weighted by Gasteiger charge is 2.31. The van der Waals surface area contributed by atoms with Crippen LogP contribution in [0.1, 0.15) is 46.1 Å². The minimum Gasteiger partial charge on any atom is -0.324 e. The molecule has 0 saturated carbocycles. The quantitative estimate of drug-likeness (QED) is 0.881. The van der Waals surface area contributed by atoms with Crippen molar-refractivity contribution in [2.24, 2.45) is 0 Å². The predicted molar refractivity (Wildman–Crippen MR) is 81.5 cm³/mol. The molecule has 1 aromatic carbocycles. The maximum Gasteiger partial charge on any atom is 0.244 e. The topological polar surface area (TPSA) is 32.3 Å². The molecule has 1 amide bonds. The normalized spacial score (nSPS) is 12.0. The third kappa shape index (κ3) is 3.80. The number of carbonyl (C=O) groups excluding carboxylic acids is 1.